The van der Waals surface area contributed by atoms with Crippen LogP contribution in [0.2, 0.25) is 5.02 Å². The molecule has 146 valence electrons. The van der Waals surface area contributed by atoms with Crippen molar-refractivity contribution in [2.75, 3.05) is 5.32 Å². The van der Waals surface area contributed by atoms with Gasteiger partial charge in [-0.2, -0.15) is 5.10 Å². The lowest BCUT2D eigenvalue weighted by atomic mass is 10.3. The number of carbonyl (C=O) groups is 1. The van der Waals surface area contributed by atoms with Crippen molar-refractivity contribution >= 4 is 50.6 Å². The van der Waals surface area contributed by atoms with Crippen molar-refractivity contribution < 1.29 is 18.3 Å². The molecular formula is C15H13ClN6O4S2. The number of carboxylic acids is 1. The third-order valence-electron chi connectivity index (χ3n) is 3.99. The number of nitrogens with zero attached hydrogens (tertiary/aromatic N) is 3. The van der Waals surface area contributed by atoms with Crippen LogP contribution in [0.15, 0.2) is 22.4 Å². The van der Waals surface area contributed by atoms with E-state index < -0.39 is 16.0 Å². The summed E-state index contributed by atoms with van der Waals surface area (Å²) in [6.45, 7) is 0. The number of thiophene rings is 1. The van der Waals surface area contributed by atoms with Crippen LogP contribution < -0.4 is 10.5 Å². The Morgan fingerprint density at radius 1 is 1.36 bits per heavy atom. The van der Waals surface area contributed by atoms with Gasteiger partial charge in [-0.25, -0.2) is 28.3 Å². The molecule has 0 aromatic carbocycles. The molecule has 28 heavy (non-hydrogen) atoms. The number of aromatic carboxylic acids is 1. The molecule has 1 fully saturated rings. The molecule has 0 saturated heterocycles. The maximum absolute atomic E-state index is 11.5. The Hall–Kier alpha value is -2.54. The SMILES string of the molecule is NS(=O)(=O)c1ccc(-c2nc(Nc3n[nH]c(C4CC4)c3Cl)cc(C(=O)O)n2)s1. The summed E-state index contributed by atoms with van der Waals surface area (Å²) in [5, 5.41) is 24.8. The monoisotopic (exact) mass is 440 g/mol. The summed E-state index contributed by atoms with van der Waals surface area (Å²) in [5.41, 5.74) is 0.556. The quantitative estimate of drug-likeness (QED) is 0.454. The van der Waals surface area contributed by atoms with Crippen molar-refractivity contribution in [2.24, 2.45) is 5.14 Å². The van der Waals surface area contributed by atoms with E-state index in [9.17, 15) is 18.3 Å². The lowest BCUT2D eigenvalue weighted by Crippen LogP contribution is -2.09. The molecular weight excluding hydrogens is 428 g/mol. The fraction of sp³-hybridized carbons (Fsp3) is 0.200. The van der Waals surface area contributed by atoms with Gasteiger partial charge >= 0.3 is 5.97 Å². The summed E-state index contributed by atoms with van der Waals surface area (Å²) in [5.74, 6) is -0.392. The molecule has 1 aliphatic carbocycles. The van der Waals surface area contributed by atoms with E-state index in [-0.39, 0.29) is 21.5 Å². The molecule has 10 nitrogen and oxygen atoms in total. The van der Waals surface area contributed by atoms with Gasteiger partial charge in [0.15, 0.2) is 17.3 Å². The van der Waals surface area contributed by atoms with Crippen LogP contribution in [0, 0.1) is 0 Å². The van der Waals surface area contributed by atoms with Crippen LogP contribution in [-0.2, 0) is 10.0 Å². The van der Waals surface area contributed by atoms with Gasteiger partial charge in [-0.15, -0.1) is 11.3 Å². The van der Waals surface area contributed by atoms with Gasteiger partial charge < -0.3 is 10.4 Å². The zero-order chi connectivity index (χ0) is 20.1. The topological polar surface area (TPSA) is 164 Å². The van der Waals surface area contributed by atoms with E-state index >= 15 is 0 Å². The minimum atomic E-state index is -3.88. The van der Waals surface area contributed by atoms with Crippen molar-refractivity contribution in [1.82, 2.24) is 20.2 Å². The van der Waals surface area contributed by atoms with E-state index in [2.05, 4.69) is 25.5 Å². The van der Waals surface area contributed by atoms with E-state index in [1.54, 1.807) is 0 Å². The minimum absolute atomic E-state index is 0.0383. The van der Waals surface area contributed by atoms with Crippen molar-refractivity contribution in [1.29, 1.82) is 0 Å². The van der Waals surface area contributed by atoms with E-state index in [0.717, 1.165) is 29.9 Å². The van der Waals surface area contributed by atoms with Crippen LogP contribution in [0.3, 0.4) is 0 Å². The first kappa shape index (κ1) is 18.8. The number of carboxylic acid groups (broad SMARTS) is 1. The van der Waals surface area contributed by atoms with Crippen LogP contribution in [0.25, 0.3) is 10.7 Å². The van der Waals surface area contributed by atoms with Crippen molar-refractivity contribution in [3.8, 4) is 10.7 Å². The molecule has 5 N–H and O–H groups in total. The molecule has 0 aliphatic heterocycles. The number of hydrogen-bond acceptors (Lipinski definition) is 8. The zero-order valence-electron chi connectivity index (χ0n) is 14.0. The van der Waals surface area contributed by atoms with Crippen molar-refractivity contribution in [3.63, 3.8) is 0 Å². The molecule has 0 radical (unpaired) electrons. The highest BCUT2D eigenvalue weighted by molar-refractivity contribution is 7.91. The number of aromatic amines is 1. The second-order valence-electron chi connectivity index (χ2n) is 6.13. The molecule has 0 spiro atoms. The first-order valence-electron chi connectivity index (χ1n) is 7.98. The van der Waals surface area contributed by atoms with E-state index in [1.807, 2.05) is 0 Å². The number of rotatable bonds is 6. The summed E-state index contributed by atoms with van der Waals surface area (Å²) < 4.78 is 22.9. The van der Waals surface area contributed by atoms with Gasteiger partial charge in [-0.1, -0.05) is 11.6 Å². The predicted molar refractivity (Wildman–Crippen MR) is 103 cm³/mol. The molecule has 0 amide bonds. The largest absolute Gasteiger partial charge is 0.477 e. The second kappa shape index (κ2) is 6.81. The normalized spacial score (nSPS) is 14.2. The molecule has 0 bridgehead atoms. The predicted octanol–water partition coefficient (Wildman–Crippen LogP) is 2.55. The number of H-pyrrole nitrogens is 1. The zero-order valence-corrected chi connectivity index (χ0v) is 16.4. The lowest BCUT2D eigenvalue weighted by molar-refractivity contribution is 0.0690. The number of sulfonamides is 1. The smallest absolute Gasteiger partial charge is 0.354 e. The summed E-state index contributed by atoms with van der Waals surface area (Å²) >= 11 is 7.17. The van der Waals surface area contributed by atoms with Crippen LogP contribution >= 0.6 is 22.9 Å². The molecule has 13 heteroatoms. The van der Waals surface area contributed by atoms with Crippen LogP contribution in [0.4, 0.5) is 11.6 Å². The highest BCUT2D eigenvalue weighted by Gasteiger charge is 2.29. The first-order chi connectivity index (χ1) is 13.2. The number of primary sulfonamides is 1. The number of nitrogens with two attached hydrogens (primary N) is 1. The van der Waals surface area contributed by atoms with Crippen LogP contribution in [0.5, 0.6) is 0 Å². The second-order valence-corrected chi connectivity index (χ2v) is 9.38. The Kier molecular flexibility index (Phi) is 4.57. The Morgan fingerprint density at radius 3 is 2.71 bits per heavy atom. The Balaban J connectivity index is 1.72. The van der Waals surface area contributed by atoms with Gasteiger partial charge in [-0.05, 0) is 25.0 Å². The Bertz CT molecular complexity index is 1190. The van der Waals surface area contributed by atoms with Gasteiger partial charge in [0.1, 0.15) is 15.0 Å². The first-order valence-corrected chi connectivity index (χ1v) is 10.7. The van der Waals surface area contributed by atoms with Crippen LogP contribution in [0.1, 0.15) is 34.9 Å². The molecule has 1 saturated carbocycles. The lowest BCUT2D eigenvalue weighted by Gasteiger charge is -2.06. The maximum atomic E-state index is 11.5. The maximum Gasteiger partial charge on any atom is 0.354 e. The molecule has 3 aromatic heterocycles. The number of aromatic nitrogens is 4. The van der Waals surface area contributed by atoms with Crippen LogP contribution in [-0.4, -0.2) is 39.7 Å². The molecule has 4 rings (SSSR count). The Morgan fingerprint density at radius 2 is 2.11 bits per heavy atom. The van der Waals surface area contributed by atoms with Crippen molar-refractivity contribution in [2.45, 2.75) is 23.0 Å². The van der Waals surface area contributed by atoms with E-state index in [1.165, 1.54) is 18.2 Å². The third-order valence-corrected chi connectivity index (χ3v) is 6.89. The van der Waals surface area contributed by atoms with Gasteiger partial charge in [0.05, 0.1) is 10.6 Å². The Labute approximate surface area is 167 Å². The summed E-state index contributed by atoms with van der Waals surface area (Å²) in [6, 6.07) is 4.01. The average Bonchev–Trinajstić information content (AvgIpc) is 3.21. The van der Waals surface area contributed by atoms with E-state index in [0.29, 0.717) is 21.6 Å². The highest BCUT2D eigenvalue weighted by atomic mass is 35.5. The third kappa shape index (κ3) is 3.71. The molecule has 1 aliphatic rings. The summed E-state index contributed by atoms with van der Waals surface area (Å²) in [7, 11) is -3.88. The molecule has 3 heterocycles. The van der Waals surface area contributed by atoms with Gasteiger partial charge in [0, 0.05) is 12.0 Å². The highest BCUT2D eigenvalue weighted by Crippen LogP contribution is 2.44. The number of nitrogens with one attached hydrogen (secondary N) is 2. The molecule has 3 aromatic rings. The fourth-order valence-electron chi connectivity index (χ4n) is 2.51. The van der Waals surface area contributed by atoms with Gasteiger partial charge in [0.25, 0.3) is 0 Å². The number of halogens is 1. The van der Waals surface area contributed by atoms with E-state index in [4.69, 9.17) is 16.7 Å². The van der Waals surface area contributed by atoms with Gasteiger partial charge in [0.2, 0.25) is 10.0 Å². The summed E-state index contributed by atoms with van der Waals surface area (Å²) in [4.78, 5) is 20.0. The average molecular weight is 441 g/mol. The van der Waals surface area contributed by atoms with Crippen molar-refractivity contribution in [3.05, 3.63) is 34.6 Å². The molecule has 0 unspecified atom stereocenters. The van der Waals surface area contributed by atoms with Gasteiger partial charge in [-0.3, -0.25) is 5.10 Å². The minimum Gasteiger partial charge on any atom is -0.477 e. The number of hydrogen-bond donors (Lipinski definition) is 4. The molecule has 0 atom stereocenters. The number of anilines is 2. The standard InChI is InChI=1S/C15H13ClN6O4S2/c16-11-12(6-1-2-6)21-22-14(11)20-9-5-7(15(23)24)18-13(19-9)8-3-4-10(27-8)28(17,25)26/h3-6H,1-2H2,(H,23,24)(H2,17,25,26)(H2,18,19,20,21,22). The fourth-order valence-corrected chi connectivity index (χ4v) is 4.46. The summed E-state index contributed by atoms with van der Waals surface area (Å²) in [6.07, 6.45) is 2.07.